The van der Waals surface area contributed by atoms with Crippen molar-refractivity contribution in [3.05, 3.63) is 30.1 Å². The maximum atomic E-state index is 12.3. The van der Waals surface area contributed by atoms with Gasteiger partial charge in [0.15, 0.2) is 0 Å². The number of hydrogen-bond acceptors (Lipinski definition) is 4. The van der Waals surface area contributed by atoms with Crippen molar-refractivity contribution >= 4 is 23.1 Å². The van der Waals surface area contributed by atoms with Crippen LogP contribution in [0.2, 0.25) is 0 Å². The van der Waals surface area contributed by atoms with E-state index >= 15 is 0 Å². The van der Waals surface area contributed by atoms with Crippen LogP contribution in [0.15, 0.2) is 24.5 Å². The number of pyridine rings is 1. The number of fused-ring (bicyclic) bond motifs is 1. The molecule has 7 heteroatoms. The number of imide groups is 1. The topological polar surface area (TPSA) is 70.0 Å². The lowest BCUT2D eigenvalue weighted by Crippen LogP contribution is -2.49. The van der Waals surface area contributed by atoms with E-state index in [4.69, 9.17) is 0 Å². The van der Waals surface area contributed by atoms with Gasteiger partial charge in [-0.15, -0.1) is 0 Å². The second kappa shape index (κ2) is 8.02. The van der Waals surface area contributed by atoms with Gasteiger partial charge in [-0.25, -0.2) is 9.31 Å². The molecule has 4 heterocycles. The Labute approximate surface area is 177 Å². The van der Waals surface area contributed by atoms with Crippen molar-refractivity contribution in [2.24, 2.45) is 11.8 Å². The summed E-state index contributed by atoms with van der Waals surface area (Å²) in [5, 5.41) is 6.80. The zero-order valence-electron chi connectivity index (χ0n) is 17.7. The van der Waals surface area contributed by atoms with Gasteiger partial charge in [0.25, 0.3) is 0 Å². The van der Waals surface area contributed by atoms with E-state index in [0.29, 0.717) is 24.9 Å². The van der Waals surface area contributed by atoms with Gasteiger partial charge in [0.2, 0.25) is 5.91 Å². The number of rotatable bonds is 5. The predicted octanol–water partition coefficient (Wildman–Crippen LogP) is 3.22. The average molecular weight is 410 g/mol. The number of hydrogen-bond donors (Lipinski definition) is 1. The smallest absolute Gasteiger partial charge is 0.300 e. The number of likely N-dealkylation sites (tertiary alicyclic amines) is 1. The third-order valence-corrected chi connectivity index (χ3v) is 7.27. The highest BCUT2D eigenvalue weighted by Crippen LogP contribution is 2.32. The third kappa shape index (κ3) is 3.83. The Bertz CT molecular complexity index is 950. The molecule has 0 bridgehead atoms. The molecule has 0 aromatic carbocycles. The first-order chi connectivity index (χ1) is 14.6. The maximum Gasteiger partial charge on any atom is 0.328 e. The molecule has 1 N–H and O–H groups in total. The van der Waals surface area contributed by atoms with Crippen LogP contribution in [0.5, 0.6) is 0 Å². The molecule has 2 aliphatic heterocycles. The lowest BCUT2D eigenvalue weighted by molar-refractivity contribution is -0.120. The molecule has 1 aliphatic carbocycles. The molecule has 0 spiro atoms. The van der Waals surface area contributed by atoms with Crippen LogP contribution in [-0.4, -0.2) is 52.1 Å². The Morgan fingerprint density at radius 1 is 1.17 bits per heavy atom. The van der Waals surface area contributed by atoms with Crippen LogP contribution in [0, 0.1) is 11.8 Å². The second-order valence-electron chi connectivity index (χ2n) is 9.38. The minimum Gasteiger partial charge on any atom is -0.300 e. The molecule has 7 nitrogen and oxygen atoms in total. The fraction of sp³-hybridized carbons (Fsp3) is 0.609. The number of urea groups is 1. The number of anilines is 1. The molecule has 2 aromatic heterocycles. The highest BCUT2D eigenvalue weighted by molar-refractivity contribution is 6.07. The third-order valence-electron chi connectivity index (χ3n) is 7.27. The largest absolute Gasteiger partial charge is 0.328 e. The van der Waals surface area contributed by atoms with E-state index < -0.39 is 0 Å². The normalized spacial score (nSPS) is 26.1. The van der Waals surface area contributed by atoms with Gasteiger partial charge in [0, 0.05) is 31.7 Å². The predicted molar refractivity (Wildman–Crippen MR) is 115 cm³/mol. The summed E-state index contributed by atoms with van der Waals surface area (Å²) in [6, 6.07) is 4.61. The molecule has 0 radical (unpaired) electrons. The molecular weight excluding hydrogens is 378 g/mol. The number of amides is 3. The molecule has 2 aromatic rings. The van der Waals surface area contributed by atoms with E-state index in [1.807, 2.05) is 10.7 Å². The number of carbonyl (C=O) groups is 2. The van der Waals surface area contributed by atoms with Crippen LogP contribution in [0.25, 0.3) is 5.52 Å². The summed E-state index contributed by atoms with van der Waals surface area (Å²) < 4.78 is 1.81. The van der Waals surface area contributed by atoms with Gasteiger partial charge >= 0.3 is 6.03 Å². The molecule has 2 saturated heterocycles. The molecule has 3 amide bonds. The summed E-state index contributed by atoms with van der Waals surface area (Å²) in [6.45, 7) is 5.29. The summed E-state index contributed by atoms with van der Waals surface area (Å²) >= 11 is 0. The van der Waals surface area contributed by atoms with Gasteiger partial charge in [-0.1, -0.05) is 6.42 Å². The molecule has 30 heavy (non-hydrogen) atoms. The molecular formula is C23H31N5O2. The van der Waals surface area contributed by atoms with Crippen LogP contribution in [0.3, 0.4) is 0 Å². The Morgan fingerprint density at radius 2 is 2.03 bits per heavy atom. The highest BCUT2D eigenvalue weighted by Gasteiger charge is 2.30. The van der Waals surface area contributed by atoms with Crippen LogP contribution in [0.1, 0.15) is 51.0 Å². The average Bonchev–Trinajstić information content (AvgIpc) is 3.09. The molecule has 3 fully saturated rings. The number of nitrogens with one attached hydrogen (secondary N) is 1. The number of nitrogens with zero attached hydrogens (tertiary/aromatic N) is 4. The summed E-state index contributed by atoms with van der Waals surface area (Å²) in [6.07, 6.45) is 11.8. The van der Waals surface area contributed by atoms with Crippen molar-refractivity contribution in [2.45, 2.75) is 57.9 Å². The highest BCUT2D eigenvalue weighted by atomic mass is 16.2. The van der Waals surface area contributed by atoms with Gasteiger partial charge in [-0.05, 0) is 75.1 Å². The van der Waals surface area contributed by atoms with Crippen molar-refractivity contribution in [3.8, 4) is 0 Å². The van der Waals surface area contributed by atoms with Crippen molar-refractivity contribution in [2.75, 3.05) is 24.5 Å². The first-order valence-corrected chi connectivity index (χ1v) is 11.4. The zero-order valence-corrected chi connectivity index (χ0v) is 17.7. The number of carbonyl (C=O) groups excluding carboxylic acids is 2. The van der Waals surface area contributed by atoms with Crippen molar-refractivity contribution in [1.82, 2.24) is 19.8 Å². The fourth-order valence-corrected chi connectivity index (χ4v) is 5.26. The van der Waals surface area contributed by atoms with Crippen LogP contribution >= 0.6 is 0 Å². The SMILES string of the molecule is C[C@H]1C[C@H](Cc2ccn3ncc(N4CCC(=O)NC4=O)c3c2)CCN1CC1CCC1. The summed E-state index contributed by atoms with van der Waals surface area (Å²) in [5.41, 5.74) is 2.99. The van der Waals surface area contributed by atoms with Crippen LogP contribution < -0.4 is 10.2 Å². The summed E-state index contributed by atoms with van der Waals surface area (Å²) in [7, 11) is 0. The van der Waals surface area contributed by atoms with Crippen molar-refractivity contribution in [1.29, 1.82) is 0 Å². The maximum absolute atomic E-state index is 12.3. The first kappa shape index (κ1) is 19.5. The van der Waals surface area contributed by atoms with E-state index in [1.54, 1.807) is 11.1 Å². The Hall–Kier alpha value is -2.41. The van der Waals surface area contributed by atoms with Gasteiger partial charge < -0.3 is 4.90 Å². The first-order valence-electron chi connectivity index (χ1n) is 11.4. The minimum absolute atomic E-state index is 0.216. The van der Waals surface area contributed by atoms with Crippen LogP contribution in [-0.2, 0) is 11.2 Å². The van der Waals surface area contributed by atoms with Crippen molar-refractivity contribution in [3.63, 3.8) is 0 Å². The van der Waals surface area contributed by atoms with Gasteiger partial charge in [0.1, 0.15) is 0 Å². The van der Waals surface area contributed by atoms with Gasteiger partial charge in [-0.3, -0.25) is 15.0 Å². The Kier molecular flexibility index (Phi) is 5.23. The van der Waals surface area contributed by atoms with Crippen LogP contribution in [0.4, 0.5) is 10.5 Å². The summed E-state index contributed by atoms with van der Waals surface area (Å²) in [4.78, 5) is 28.1. The van der Waals surface area contributed by atoms with E-state index in [9.17, 15) is 9.59 Å². The van der Waals surface area contributed by atoms with E-state index in [0.717, 1.165) is 23.5 Å². The lowest BCUT2D eigenvalue weighted by atomic mass is 9.82. The zero-order chi connectivity index (χ0) is 20.7. The number of piperidine rings is 1. The Balaban J connectivity index is 1.27. The van der Waals surface area contributed by atoms with E-state index in [2.05, 4.69) is 34.4 Å². The molecule has 2 atom stereocenters. The van der Waals surface area contributed by atoms with E-state index in [-0.39, 0.29) is 11.9 Å². The molecule has 5 rings (SSSR count). The Morgan fingerprint density at radius 3 is 2.77 bits per heavy atom. The van der Waals surface area contributed by atoms with Gasteiger partial charge in [0.05, 0.1) is 17.4 Å². The molecule has 160 valence electrons. The summed E-state index contributed by atoms with van der Waals surface area (Å²) in [5.74, 6) is 1.42. The standard InChI is InChI=1S/C23H31N5O2/c1-16-11-18(5-8-26(16)15-17-3-2-4-17)12-19-6-10-28-20(13-19)21(14-24-28)27-9-7-22(29)25-23(27)30/h6,10,13-14,16-18H,2-5,7-9,11-12,15H2,1H3,(H,25,29,30)/t16-,18+/m0/s1. The molecule has 0 unspecified atom stereocenters. The quantitative estimate of drug-likeness (QED) is 0.823. The fourth-order valence-electron chi connectivity index (χ4n) is 5.26. The van der Waals surface area contributed by atoms with E-state index in [1.165, 1.54) is 50.8 Å². The van der Waals surface area contributed by atoms with Gasteiger partial charge in [-0.2, -0.15) is 5.10 Å². The molecule has 3 aliphatic rings. The minimum atomic E-state index is -0.362. The monoisotopic (exact) mass is 409 g/mol. The van der Waals surface area contributed by atoms with Crippen molar-refractivity contribution < 1.29 is 9.59 Å². The lowest BCUT2D eigenvalue weighted by Gasteiger charge is -2.41. The molecule has 1 saturated carbocycles. The second-order valence-corrected chi connectivity index (χ2v) is 9.38. The number of aromatic nitrogens is 2.